The van der Waals surface area contributed by atoms with Gasteiger partial charge in [0.2, 0.25) is 0 Å². The fraction of sp³-hybridized carbons (Fsp3) is 0.300. The third-order valence-electron chi connectivity index (χ3n) is 4.69. The number of aliphatic hydroxyl groups is 1. The fourth-order valence-electron chi connectivity index (χ4n) is 3.16. The van der Waals surface area contributed by atoms with Gasteiger partial charge in [-0.1, -0.05) is 36.4 Å². The van der Waals surface area contributed by atoms with E-state index < -0.39 is 17.4 Å². The first kappa shape index (κ1) is 17.9. The van der Waals surface area contributed by atoms with Gasteiger partial charge in [0, 0.05) is 6.54 Å². The van der Waals surface area contributed by atoms with Gasteiger partial charge in [-0.05, 0) is 41.7 Å². The number of amides is 2. The Morgan fingerprint density at radius 2 is 1.77 bits per heavy atom. The van der Waals surface area contributed by atoms with Crippen molar-refractivity contribution < 1.29 is 19.4 Å². The number of nitrogens with one attached hydrogen (secondary N) is 2. The molecule has 0 aromatic heterocycles. The van der Waals surface area contributed by atoms with Gasteiger partial charge in [0.1, 0.15) is 11.4 Å². The quantitative estimate of drug-likeness (QED) is 0.706. The topological polar surface area (TPSA) is 87.7 Å². The maximum Gasteiger partial charge on any atom is 0.309 e. The highest BCUT2D eigenvalue weighted by atomic mass is 16.5. The molecule has 0 aliphatic heterocycles. The number of ether oxygens (including phenoxy) is 1. The molecule has 0 saturated heterocycles. The van der Waals surface area contributed by atoms with E-state index in [9.17, 15) is 14.7 Å². The Labute approximate surface area is 152 Å². The summed E-state index contributed by atoms with van der Waals surface area (Å²) < 4.78 is 5.07. The fourth-order valence-corrected chi connectivity index (χ4v) is 3.16. The van der Waals surface area contributed by atoms with E-state index in [1.807, 2.05) is 36.4 Å². The molecule has 1 atom stereocenters. The van der Waals surface area contributed by atoms with Crippen LogP contribution >= 0.6 is 0 Å². The van der Waals surface area contributed by atoms with Crippen LogP contribution in [0, 0.1) is 0 Å². The molecule has 2 amide bonds. The lowest BCUT2D eigenvalue weighted by atomic mass is 9.96. The number of carbonyl (C=O) groups is 2. The molecule has 1 aliphatic rings. The normalized spacial score (nSPS) is 18.1. The van der Waals surface area contributed by atoms with Crippen molar-refractivity contribution in [2.24, 2.45) is 0 Å². The van der Waals surface area contributed by atoms with Crippen LogP contribution in [0.15, 0.2) is 48.5 Å². The third kappa shape index (κ3) is 3.86. The number of hydrogen-bond acceptors (Lipinski definition) is 4. The van der Waals surface area contributed by atoms with Gasteiger partial charge in [0.05, 0.1) is 13.7 Å². The van der Waals surface area contributed by atoms with Crippen molar-refractivity contribution in [3.05, 3.63) is 65.2 Å². The van der Waals surface area contributed by atoms with Gasteiger partial charge in [-0.25, -0.2) is 0 Å². The average molecular weight is 354 g/mol. The zero-order chi connectivity index (χ0) is 18.6. The molecule has 0 fully saturated rings. The maximum atomic E-state index is 12.0. The molecule has 136 valence electrons. The van der Waals surface area contributed by atoms with Crippen molar-refractivity contribution in [1.29, 1.82) is 0 Å². The van der Waals surface area contributed by atoms with E-state index in [4.69, 9.17) is 4.74 Å². The van der Waals surface area contributed by atoms with E-state index in [0.29, 0.717) is 6.42 Å². The van der Waals surface area contributed by atoms with Crippen LogP contribution < -0.4 is 15.4 Å². The van der Waals surface area contributed by atoms with Crippen LogP contribution in [0.25, 0.3) is 0 Å². The largest absolute Gasteiger partial charge is 0.497 e. The van der Waals surface area contributed by atoms with Crippen LogP contribution in [-0.4, -0.2) is 30.6 Å². The number of aryl methyl sites for hydroxylation is 1. The van der Waals surface area contributed by atoms with E-state index in [0.717, 1.165) is 28.9 Å². The molecular formula is C20H22N2O4. The first-order valence-electron chi connectivity index (χ1n) is 8.51. The average Bonchev–Trinajstić information content (AvgIpc) is 3.02. The van der Waals surface area contributed by atoms with Gasteiger partial charge in [-0.2, -0.15) is 0 Å². The van der Waals surface area contributed by atoms with E-state index in [-0.39, 0.29) is 13.1 Å². The molecular weight excluding hydrogens is 332 g/mol. The Kier molecular flexibility index (Phi) is 5.23. The van der Waals surface area contributed by atoms with Crippen molar-refractivity contribution in [3.8, 4) is 5.75 Å². The molecule has 2 aromatic carbocycles. The Balaban J connectivity index is 1.51. The Bertz CT molecular complexity index is 804. The minimum Gasteiger partial charge on any atom is -0.497 e. The molecule has 6 heteroatoms. The zero-order valence-electron chi connectivity index (χ0n) is 14.6. The number of benzene rings is 2. The maximum absolute atomic E-state index is 12.0. The Morgan fingerprint density at radius 3 is 2.50 bits per heavy atom. The van der Waals surface area contributed by atoms with Crippen LogP contribution in [0.5, 0.6) is 5.75 Å². The van der Waals surface area contributed by atoms with Gasteiger partial charge in [0.25, 0.3) is 0 Å². The second-order valence-electron chi connectivity index (χ2n) is 6.40. The molecule has 3 N–H and O–H groups in total. The molecule has 0 saturated carbocycles. The standard InChI is InChI=1S/C20H22N2O4/c1-26-16-8-6-14(7-9-16)12-21-18(23)19(24)22-13-20(25)11-10-15-4-2-3-5-17(15)20/h2-9,25H,10-13H2,1H3,(H,21,23)(H,22,24). The smallest absolute Gasteiger partial charge is 0.309 e. The first-order chi connectivity index (χ1) is 12.5. The second kappa shape index (κ2) is 7.58. The highest BCUT2D eigenvalue weighted by Crippen LogP contribution is 2.36. The van der Waals surface area contributed by atoms with Crippen LogP contribution in [-0.2, 0) is 28.2 Å². The second-order valence-corrected chi connectivity index (χ2v) is 6.40. The van der Waals surface area contributed by atoms with Crippen molar-refractivity contribution in [3.63, 3.8) is 0 Å². The molecule has 26 heavy (non-hydrogen) atoms. The molecule has 0 heterocycles. The zero-order valence-corrected chi connectivity index (χ0v) is 14.6. The summed E-state index contributed by atoms with van der Waals surface area (Å²) in [6, 6.07) is 14.8. The van der Waals surface area contributed by atoms with Crippen molar-refractivity contribution in [1.82, 2.24) is 10.6 Å². The van der Waals surface area contributed by atoms with Gasteiger partial charge in [0.15, 0.2) is 0 Å². The first-order valence-corrected chi connectivity index (χ1v) is 8.51. The lowest BCUT2D eigenvalue weighted by molar-refractivity contribution is -0.140. The number of rotatable bonds is 5. The summed E-state index contributed by atoms with van der Waals surface area (Å²) >= 11 is 0. The van der Waals surface area contributed by atoms with Gasteiger partial charge in [-0.3, -0.25) is 9.59 Å². The van der Waals surface area contributed by atoms with Crippen LogP contribution in [0.4, 0.5) is 0 Å². The van der Waals surface area contributed by atoms with E-state index in [1.165, 1.54) is 0 Å². The minimum absolute atomic E-state index is 0.0127. The SMILES string of the molecule is COc1ccc(CNC(=O)C(=O)NCC2(O)CCc3ccccc32)cc1. The van der Waals surface area contributed by atoms with Crippen LogP contribution in [0.1, 0.15) is 23.1 Å². The minimum atomic E-state index is -1.12. The molecule has 1 aliphatic carbocycles. The number of hydrogen-bond donors (Lipinski definition) is 3. The molecule has 3 rings (SSSR count). The predicted octanol–water partition coefficient (Wildman–Crippen LogP) is 1.26. The van der Waals surface area contributed by atoms with Crippen LogP contribution in [0.3, 0.4) is 0 Å². The number of carbonyl (C=O) groups excluding carboxylic acids is 2. The lowest BCUT2D eigenvalue weighted by Gasteiger charge is -2.24. The summed E-state index contributed by atoms with van der Waals surface area (Å²) in [7, 11) is 1.58. The monoisotopic (exact) mass is 354 g/mol. The molecule has 6 nitrogen and oxygen atoms in total. The summed E-state index contributed by atoms with van der Waals surface area (Å²) in [5.74, 6) is -0.755. The molecule has 0 bridgehead atoms. The number of fused-ring (bicyclic) bond motifs is 1. The van der Waals surface area contributed by atoms with Crippen molar-refractivity contribution in [2.75, 3.05) is 13.7 Å². The highest BCUT2D eigenvalue weighted by molar-refractivity contribution is 6.35. The third-order valence-corrected chi connectivity index (χ3v) is 4.69. The van der Waals surface area contributed by atoms with Gasteiger partial charge >= 0.3 is 11.8 Å². The predicted molar refractivity (Wildman–Crippen MR) is 96.5 cm³/mol. The summed E-state index contributed by atoms with van der Waals surface area (Å²) in [6.45, 7) is 0.252. The van der Waals surface area contributed by atoms with E-state index >= 15 is 0 Å². The Morgan fingerprint density at radius 1 is 1.08 bits per heavy atom. The molecule has 2 aromatic rings. The summed E-state index contributed by atoms with van der Waals surface area (Å²) in [5, 5.41) is 15.9. The molecule has 0 radical (unpaired) electrons. The van der Waals surface area contributed by atoms with Crippen molar-refractivity contribution >= 4 is 11.8 Å². The van der Waals surface area contributed by atoms with Gasteiger partial charge in [-0.15, -0.1) is 0 Å². The van der Waals surface area contributed by atoms with E-state index in [2.05, 4.69) is 10.6 Å². The molecule has 1 unspecified atom stereocenters. The molecule has 0 spiro atoms. The van der Waals surface area contributed by atoms with Gasteiger partial charge < -0.3 is 20.5 Å². The lowest BCUT2D eigenvalue weighted by Crippen LogP contribution is -2.45. The number of methoxy groups -OCH3 is 1. The van der Waals surface area contributed by atoms with Crippen LogP contribution in [0.2, 0.25) is 0 Å². The summed E-state index contributed by atoms with van der Waals surface area (Å²) in [4.78, 5) is 24.0. The Hall–Kier alpha value is -2.86. The highest BCUT2D eigenvalue weighted by Gasteiger charge is 2.36. The van der Waals surface area contributed by atoms with E-state index in [1.54, 1.807) is 19.2 Å². The summed E-state index contributed by atoms with van der Waals surface area (Å²) in [5.41, 5.74) is 1.63. The van der Waals surface area contributed by atoms with Crippen molar-refractivity contribution in [2.45, 2.75) is 25.0 Å². The summed E-state index contributed by atoms with van der Waals surface area (Å²) in [6.07, 6.45) is 1.28.